The summed E-state index contributed by atoms with van der Waals surface area (Å²) < 4.78 is 0. The molecule has 1 aliphatic heterocycles. The smallest absolute Gasteiger partial charge is 0.251 e. The Balaban J connectivity index is 2.44. The monoisotopic (exact) mass is 261 g/mol. The van der Waals surface area contributed by atoms with E-state index in [-0.39, 0.29) is 18.4 Å². The molecule has 0 saturated carbocycles. The third-order valence-electron chi connectivity index (χ3n) is 3.57. The van der Waals surface area contributed by atoms with Crippen LogP contribution < -0.4 is 16.0 Å². The lowest BCUT2D eigenvalue weighted by molar-refractivity contribution is -0.135. The van der Waals surface area contributed by atoms with Crippen LogP contribution in [0.3, 0.4) is 0 Å². The Kier molecular flexibility index (Phi) is 3.32. The first kappa shape index (κ1) is 13.5. The van der Waals surface area contributed by atoms with Crippen molar-refractivity contribution in [2.24, 2.45) is 5.73 Å². The number of rotatable bonds is 2. The second kappa shape index (κ2) is 4.66. The van der Waals surface area contributed by atoms with Gasteiger partial charge in [-0.1, -0.05) is 12.1 Å². The van der Waals surface area contributed by atoms with Crippen LogP contribution in [0.2, 0.25) is 0 Å². The molecule has 0 aliphatic carbocycles. The molecule has 1 fully saturated rings. The Morgan fingerprint density at radius 2 is 2.05 bits per heavy atom. The number of nitrogens with one attached hydrogen (secondary N) is 1. The van der Waals surface area contributed by atoms with Crippen LogP contribution in [0.5, 0.6) is 0 Å². The van der Waals surface area contributed by atoms with Gasteiger partial charge in [-0.25, -0.2) is 0 Å². The fourth-order valence-electron chi connectivity index (χ4n) is 2.32. The highest BCUT2D eigenvalue weighted by Crippen LogP contribution is 2.29. The molecule has 3 N–H and O–H groups in total. The Morgan fingerprint density at radius 1 is 1.37 bits per heavy atom. The van der Waals surface area contributed by atoms with Gasteiger partial charge in [0, 0.05) is 12.2 Å². The first-order valence-electron chi connectivity index (χ1n) is 6.28. The van der Waals surface area contributed by atoms with Crippen LogP contribution in [0.25, 0.3) is 0 Å². The lowest BCUT2D eigenvalue weighted by Gasteiger charge is -2.42. The molecule has 1 aliphatic rings. The third kappa shape index (κ3) is 2.33. The zero-order valence-corrected chi connectivity index (χ0v) is 11.5. The molecule has 19 heavy (non-hydrogen) atoms. The van der Waals surface area contributed by atoms with Gasteiger partial charge < -0.3 is 10.6 Å². The Labute approximate surface area is 112 Å². The lowest BCUT2D eigenvalue weighted by Crippen LogP contribution is -2.64. The zero-order chi connectivity index (χ0) is 14.2. The number of imide groups is 1. The molecule has 2 amide bonds. The largest absolute Gasteiger partial charge is 0.348 e. The van der Waals surface area contributed by atoms with Crippen molar-refractivity contribution in [3.63, 3.8) is 0 Å². The Hall–Kier alpha value is -1.88. The van der Waals surface area contributed by atoms with Crippen LogP contribution in [-0.2, 0) is 16.1 Å². The van der Waals surface area contributed by atoms with Crippen LogP contribution in [0.15, 0.2) is 18.2 Å². The number of nitrogens with zero attached hydrogens (tertiary/aromatic N) is 1. The quantitative estimate of drug-likeness (QED) is 0.768. The van der Waals surface area contributed by atoms with Crippen molar-refractivity contribution in [3.05, 3.63) is 29.3 Å². The fourth-order valence-corrected chi connectivity index (χ4v) is 2.32. The van der Waals surface area contributed by atoms with Crippen molar-refractivity contribution >= 4 is 17.5 Å². The molecule has 0 aromatic heterocycles. The number of benzene rings is 1. The summed E-state index contributed by atoms with van der Waals surface area (Å²) in [5.74, 6) is -0.544. The summed E-state index contributed by atoms with van der Waals surface area (Å²) in [6.07, 6.45) is 0. The molecular weight excluding hydrogens is 242 g/mol. The minimum Gasteiger partial charge on any atom is -0.348 e. The first-order chi connectivity index (χ1) is 8.86. The molecule has 0 atom stereocenters. The zero-order valence-electron chi connectivity index (χ0n) is 11.5. The molecule has 0 spiro atoms. The van der Waals surface area contributed by atoms with E-state index in [1.165, 1.54) is 0 Å². The number of carbonyl (C=O) groups excluding carboxylic acids is 2. The highest BCUT2D eigenvalue weighted by Gasteiger charge is 2.41. The van der Waals surface area contributed by atoms with Gasteiger partial charge >= 0.3 is 0 Å². The summed E-state index contributed by atoms with van der Waals surface area (Å²) in [5.41, 5.74) is 7.81. The van der Waals surface area contributed by atoms with E-state index < -0.39 is 5.54 Å². The normalized spacial score (nSPS) is 18.4. The van der Waals surface area contributed by atoms with E-state index in [4.69, 9.17) is 5.73 Å². The van der Waals surface area contributed by atoms with Gasteiger partial charge in [0.1, 0.15) is 5.54 Å². The number of aryl methyl sites for hydroxylation is 1. The molecular formula is C14H19N3O2. The topological polar surface area (TPSA) is 75.4 Å². The van der Waals surface area contributed by atoms with Crippen LogP contribution in [0.1, 0.15) is 25.0 Å². The summed E-state index contributed by atoms with van der Waals surface area (Å²) in [6.45, 7) is 6.24. The van der Waals surface area contributed by atoms with Crippen molar-refractivity contribution in [2.75, 3.05) is 11.4 Å². The molecule has 0 radical (unpaired) electrons. The average molecular weight is 261 g/mol. The van der Waals surface area contributed by atoms with E-state index in [2.05, 4.69) is 5.32 Å². The van der Waals surface area contributed by atoms with Gasteiger partial charge in [0.15, 0.2) is 0 Å². The molecule has 1 heterocycles. The van der Waals surface area contributed by atoms with Crippen LogP contribution in [0, 0.1) is 6.92 Å². The standard InChI is InChI=1S/C14H19N3O2/c1-9-6-10(7-15)4-5-11(9)17-8-12(18)16-13(19)14(17,2)3/h4-6H,7-8,15H2,1-3H3,(H,16,18,19). The minimum atomic E-state index is -0.747. The van der Waals surface area contributed by atoms with E-state index in [1.54, 1.807) is 0 Å². The summed E-state index contributed by atoms with van der Waals surface area (Å²) in [5, 5.41) is 2.37. The molecule has 5 nitrogen and oxygen atoms in total. The second-order valence-corrected chi connectivity index (χ2v) is 5.35. The molecule has 102 valence electrons. The SMILES string of the molecule is Cc1cc(CN)ccc1N1CC(=O)NC(=O)C1(C)C. The van der Waals surface area contributed by atoms with E-state index in [0.29, 0.717) is 6.54 Å². The highest BCUT2D eigenvalue weighted by atomic mass is 16.2. The van der Waals surface area contributed by atoms with Crippen LogP contribution in [0.4, 0.5) is 5.69 Å². The lowest BCUT2D eigenvalue weighted by atomic mass is 9.96. The van der Waals surface area contributed by atoms with Crippen LogP contribution in [-0.4, -0.2) is 23.9 Å². The Bertz CT molecular complexity index is 537. The van der Waals surface area contributed by atoms with Gasteiger partial charge in [-0.3, -0.25) is 14.9 Å². The van der Waals surface area contributed by atoms with Gasteiger partial charge in [-0.2, -0.15) is 0 Å². The summed E-state index contributed by atoms with van der Waals surface area (Å²) in [4.78, 5) is 25.4. The summed E-state index contributed by atoms with van der Waals surface area (Å²) in [7, 11) is 0. The summed E-state index contributed by atoms with van der Waals surface area (Å²) >= 11 is 0. The maximum atomic E-state index is 12.0. The first-order valence-corrected chi connectivity index (χ1v) is 6.28. The maximum absolute atomic E-state index is 12.0. The van der Waals surface area contributed by atoms with Gasteiger partial charge in [0.25, 0.3) is 5.91 Å². The number of hydrogen-bond acceptors (Lipinski definition) is 4. The minimum absolute atomic E-state index is 0.182. The molecule has 1 aromatic carbocycles. The number of hydrogen-bond donors (Lipinski definition) is 2. The number of amides is 2. The number of nitrogens with two attached hydrogens (primary N) is 1. The summed E-state index contributed by atoms with van der Waals surface area (Å²) in [6, 6.07) is 5.84. The molecule has 5 heteroatoms. The van der Waals surface area contributed by atoms with Gasteiger partial charge in [-0.15, -0.1) is 0 Å². The van der Waals surface area contributed by atoms with E-state index in [9.17, 15) is 9.59 Å². The van der Waals surface area contributed by atoms with Crippen molar-refractivity contribution < 1.29 is 9.59 Å². The predicted molar refractivity (Wildman–Crippen MR) is 73.6 cm³/mol. The van der Waals surface area contributed by atoms with Crippen molar-refractivity contribution in [1.82, 2.24) is 5.32 Å². The van der Waals surface area contributed by atoms with Gasteiger partial charge in [0.2, 0.25) is 5.91 Å². The fraction of sp³-hybridized carbons (Fsp3) is 0.429. The molecule has 2 rings (SSSR count). The van der Waals surface area contributed by atoms with E-state index in [1.807, 2.05) is 43.9 Å². The van der Waals surface area contributed by atoms with E-state index in [0.717, 1.165) is 16.8 Å². The third-order valence-corrected chi connectivity index (χ3v) is 3.57. The highest BCUT2D eigenvalue weighted by molar-refractivity contribution is 6.06. The van der Waals surface area contributed by atoms with Crippen molar-refractivity contribution in [1.29, 1.82) is 0 Å². The van der Waals surface area contributed by atoms with Crippen LogP contribution >= 0.6 is 0 Å². The average Bonchev–Trinajstić information content (AvgIpc) is 2.34. The second-order valence-electron chi connectivity index (χ2n) is 5.35. The molecule has 0 bridgehead atoms. The molecule has 1 saturated heterocycles. The molecule has 0 unspecified atom stereocenters. The number of carbonyl (C=O) groups is 2. The Morgan fingerprint density at radius 3 is 2.63 bits per heavy atom. The van der Waals surface area contributed by atoms with E-state index >= 15 is 0 Å². The number of anilines is 1. The molecule has 1 aromatic rings. The maximum Gasteiger partial charge on any atom is 0.251 e. The van der Waals surface area contributed by atoms with Gasteiger partial charge in [-0.05, 0) is 38.0 Å². The van der Waals surface area contributed by atoms with Crippen molar-refractivity contribution in [2.45, 2.75) is 32.9 Å². The van der Waals surface area contributed by atoms with Gasteiger partial charge in [0.05, 0.1) is 6.54 Å². The number of piperazine rings is 1. The van der Waals surface area contributed by atoms with Crippen molar-refractivity contribution in [3.8, 4) is 0 Å². The predicted octanol–water partition coefficient (Wildman–Crippen LogP) is 0.695.